The predicted octanol–water partition coefficient (Wildman–Crippen LogP) is 3.75. The van der Waals surface area contributed by atoms with Gasteiger partial charge in [-0.25, -0.2) is 4.98 Å². The molecular formula is C17H13ClN4O. The molecule has 0 spiro atoms. The monoisotopic (exact) mass is 324 g/mol. The summed E-state index contributed by atoms with van der Waals surface area (Å²) < 4.78 is 0. The molecule has 1 N–H and O–H groups in total. The lowest BCUT2D eigenvalue weighted by Gasteiger charge is -2.21. The van der Waals surface area contributed by atoms with Gasteiger partial charge in [-0.3, -0.25) is 4.79 Å². The topological polar surface area (TPSA) is 61.4 Å². The number of rotatable bonds is 2. The second-order valence-electron chi connectivity index (χ2n) is 5.34. The number of amides is 1. The summed E-state index contributed by atoms with van der Waals surface area (Å²) in [5, 5.41) is 6.52. The van der Waals surface area contributed by atoms with Crippen LogP contribution in [0.15, 0.2) is 53.6 Å². The lowest BCUT2D eigenvalue weighted by Crippen LogP contribution is -2.32. The Bertz CT molecular complexity index is 881. The lowest BCUT2D eigenvalue weighted by molar-refractivity contribution is -0.118. The van der Waals surface area contributed by atoms with E-state index in [9.17, 15) is 4.79 Å². The standard InChI is InChI=1S/C17H13ClN4O/c18-12-7-5-11(6-8-12)13-9-10-16(23)22(21-13)17-19-14-3-1-2-4-15(14)20-17/h1-8H,9-10H2,(H,19,20). The van der Waals surface area contributed by atoms with Gasteiger partial charge in [-0.1, -0.05) is 35.9 Å². The maximum absolute atomic E-state index is 12.2. The van der Waals surface area contributed by atoms with Gasteiger partial charge < -0.3 is 4.98 Å². The van der Waals surface area contributed by atoms with Crippen LogP contribution in [-0.2, 0) is 4.79 Å². The van der Waals surface area contributed by atoms with Crippen LogP contribution in [0.5, 0.6) is 0 Å². The first-order valence-corrected chi connectivity index (χ1v) is 7.69. The number of hydrazone groups is 1. The number of halogens is 1. The quantitative estimate of drug-likeness (QED) is 0.780. The van der Waals surface area contributed by atoms with E-state index in [0.29, 0.717) is 23.8 Å². The van der Waals surface area contributed by atoms with Gasteiger partial charge in [0.25, 0.3) is 0 Å². The van der Waals surface area contributed by atoms with Crippen LogP contribution in [-0.4, -0.2) is 21.6 Å². The molecule has 4 rings (SSSR count). The van der Waals surface area contributed by atoms with Gasteiger partial charge in [0.05, 0.1) is 16.7 Å². The SMILES string of the molecule is O=C1CCC(c2ccc(Cl)cc2)=NN1c1nc2ccccc2[nH]1. The molecule has 1 aliphatic rings. The summed E-state index contributed by atoms with van der Waals surface area (Å²) in [6.07, 6.45) is 1.01. The zero-order valence-electron chi connectivity index (χ0n) is 12.2. The molecule has 1 aromatic heterocycles. The van der Waals surface area contributed by atoms with E-state index in [1.54, 1.807) is 0 Å². The zero-order valence-corrected chi connectivity index (χ0v) is 12.9. The van der Waals surface area contributed by atoms with Gasteiger partial charge in [0, 0.05) is 17.9 Å². The number of imidazole rings is 1. The minimum Gasteiger partial charge on any atom is -0.322 e. The van der Waals surface area contributed by atoms with E-state index in [1.807, 2.05) is 48.5 Å². The Balaban J connectivity index is 1.75. The number of hydrogen-bond acceptors (Lipinski definition) is 3. The largest absolute Gasteiger partial charge is 0.322 e. The fraction of sp³-hybridized carbons (Fsp3) is 0.118. The number of hydrogen-bond donors (Lipinski definition) is 1. The number of carbonyl (C=O) groups excluding carboxylic acids is 1. The first-order valence-electron chi connectivity index (χ1n) is 7.32. The number of nitrogens with one attached hydrogen (secondary N) is 1. The van der Waals surface area contributed by atoms with Crippen LogP contribution < -0.4 is 5.01 Å². The van der Waals surface area contributed by atoms with Gasteiger partial charge in [-0.05, 0) is 29.8 Å². The maximum Gasteiger partial charge on any atom is 0.250 e. The van der Waals surface area contributed by atoms with Gasteiger partial charge in [-0.2, -0.15) is 10.1 Å². The number of para-hydroxylation sites is 2. The summed E-state index contributed by atoms with van der Waals surface area (Å²) in [6, 6.07) is 15.1. The first-order chi connectivity index (χ1) is 11.2. The van der Waals surface area contributed by atoms with Crippen molar-refractivity contribution < 1.29 is 4.79 Å². The highest BCUT2D eigenvalue weighted by molar-refractivity contribution is 6.30. The molecule has 0 unspecified atom stereocenters. The number of anilines is 1. The van der Waals surface area contributed by atoms with Crippen LogP contribution >= 0.6 is 11.6 Å². The molecule has 0 aliphatic carbocycles. The molecule has 0 fully saturated rings. The minimum atomic E-state index is -0.0678. The Kier molecular flexibility index (Phi) is 3.35. The number of H-pyrrole nitrogens is 1. The summed E-state index contributed by atoms with van der Waals surface area (Å²) in [7, 11) is 0. The third-order valence-electron chi connectivity index (χ3n) is 3.79. The smallest absolute Gasteiger partial charge is 0.250 e. The summed E-state index contributed by atoms with van der Waals surface area (Å²) in [6.45, 7) is 0. The molecule has 3 aromatic rings. The van der Waals surface area contributed by atoms with Crippen LogP contribution in [0.25, 0.3) is 11.0 Å². The predicted molar refractivity (Wildman–Crippen MR) is 90.8 cm³/mol. The third-order valence-corrected chi connectivity index (χ3v) is 4.04. The average molecular weight is 325 g/mol. The van der Waals surface area contributed by atoms with E-state index in [1.165, 1.54) is 5.01 Å². The third kappa shape index (κ3) is 2.59. The highest BCUT2D eigenvalue weighted by Gasteiger charge is 2.25. The second kappa shape index (κ2) is 5.52. The van der Waals surface area contributed by atoms with Crippen LogP contribution in [0, 0.1) is 0 Å². The highest BCUT2D eigenvalue weighted by Crippen LogP contribution is 2.23. The van der Waals surface area contributed by atoms with Crippen LogP contribution in [0.3, 0.4) is 0 Å². The van der Waals surface area contributed by atoms with Crippen LogP contribution in [0.4, 0.5) is 5.95 Å². The summed E-state index contributed by atoms with van der Waals surface area (Å²) in [5.41, 5.74) is 3.50. The molecule has 2 heterocycles. The zero-order chi connectivity index (χ0) is 15.8. The summed E-state index contributed by atoms with van der Waals surface area (Å²) in [5.74, 6) is 0.379. The molecule has 0 saturated heterocycles. The van der Waals surface area contributed by atoms with Gasteiger partial charge in [-0.15, -0.1) is 0 Å². The van der Waals surface area contributed by atoms with Crippen molar-refractivity contribution in [3.63, 3.8) is 0 Å². The first kappa shape index (κ1) is 14.0. The maximum atomic E-state index is 12.2. The van der Waals surface area contributed by atoms with Crippen molar-refractivity contribution in [1.29, 1.82) is 0 Å². The van der Waals surface area contributed by atoms with Crippen molar-refractivity contribution in [2.24, 2.45) is 5.10 Å². The van der Waals surface area contributed by atoms with Gasteiger partial charge >= 0.3 is 0 Å². The van der Waals surface area contributed by atoms with Crippen molar-refractivity contribution in [3.8, 4) is 0 Å². The lowest BCUT2D eigenvalue weighted by atomic mass is 10.0. The molecule has 114 valence electrons. The van der Waals surface area contributed by atoms with Crippen LogP contribution in [0.2, 0.25) is 5.02 Å². The van der Waals surface area contributed by atoms with E-state index < -0.39 is 0 Å². The molecule has 0 radical (unpaired) electrons. The number of aromatic nitrogens is 2. The fourth-order valence-electron chi connectivity index (χ4n) is 2.61. The molecule has 1 aliphatic heterocycles. The molecule has 6 heteroatoms. The molecule has 0 atom stereocenters. The van der Waals surface area contributed by atoms with E-state index in [4.69, 9.17) is 11.6 Å². The average Bonchev–Trinajstić information content (AvgIpc) is 3.00. The molecule has 0 saturated carbocycles. The van der Waals surface area contributed by atoms with Crippen molar-refractivity contribution in [2.45, 2.75) is 12.8 Å². The van der Waals surface area contributed by atoms with Crippen molar-refractivity contribution in [1.82, 2.24) is 9.97 Å². The summed E-state index contributed by atoms with van der Waals surface area (Å²) >= 11 is 5.92. The Morgan fingerprint density at radius 2 is 1.83 bits per heavy atom. The van der Waals surface area contributed by atoms with Crippen LogP contribution in [0.1, 0.15) is 18.4 Å². The van der Waals surface area contributed by atoms with E-state index >= 15 is 0 Å². The Labute approximate surface area is 137 Å². The molecule has 1 amide bonds. The number of nitrogens with zero attached hydrogens (tertiary/aromatic N) is 3. The minimum absolute atomic E-state index is 0.0678. The molecule has 0 bridgehead atoms. The van der Waals surface area contributed by atoms with E-state index in [0.717, 1.165) is 22.3 Å². The van der Waals surface area contributed by atoms with Crippen molar-refractivity contribution in [2.75, 3.05) is 5.01 Å². The Morgan fingerprint density at radius 3 is 2.61 bits per heavy atom. The highest BCUT2D eigenvalue weighted by atomic mass is 35.5. The Morgan fingerprint density at radius 1 is 1.04 bits per heavy atom. The number of benzene rings is 2. The van der Waals surface area contributed by atoms with Crippen molar-refractivity contribution >= 4 is 40.2 Å². The fourth-order valence-corrected chi connectivity index (χ4v) is 2.73. The van der Waals surface area contributed by atoms with E-state index in [-0.39, 0.29) is 5.91 Å². The van der Waals surface area contributed by atoms with Gasteiger partial charge in [0.1, 0.15) is 0 Å². The van der Waals surface area contributed by atoms with E-state index in [2.05, 4.69) is 15.1 Å². The summed E-state index contributed by atoms with van der Waals surface area (Å²) in [4.78, 5) is 19.8. The molecular weight excluding hydrogens is 312 g/mol. The molecule has 23 heavy (non-hydrogen) atoms. The van der Waals surface area contributed by atoms with Gasteiger partial charge in [0.15, 0.2) is 0 Å². The normalized spacial score (nSPS) is 15.1. The van der Waals surface area contributed by atoms with Crippen molar-refractivity contribution in [3.05, 3.63) is 59.1 Å². The molecule has 5 nitrogen and oxygen atoms in total. The Hall–Kier alpha value is -2.66. The number of fused-ring (bicyclic) bond motifs is 1. The number of aromatic amines is 1. The second-order valence-corrected chi connectivity index (χ2v) is 5.77. The van der Waals surface area contributed by atoms with Gasteiger partial charge in [0.2, 0.25) is 11.9 Å². The molecule has 2 aromatic carbocycles. The number of carbonyl (C=O) groups is 1.